The SMILES string of the molecule is CC(Nc1cc(C#N)ccn1)C1CCCC1. The Morgan fingerprint density at radius 3 is 2.94 bits per heavy atom. The van der Waals surface area contributed by atoms with Gasteiger partial charge in [-0.05, 0) is 37.8 Å². The second kappa shape index (κ2) is 4.98. The minimum atomic E-state index is 0.448. The van der Waals surface area contributed by atoms with Crippen molar-refractivity contribution >= 4 is 5.82 Å². The van der Waals surface area contributed by atoms with E-state index in [1.54, 1.807) is 12.3 Å². The van der Waals surface area contributed by atoms with Crippen molar-refractivity contribution < 1.29 is 0 Å². The van der Waals surface area contributed by atoms with Gasteiger partial charge in [-0.15, -0.1) is 0 Å². The van der Waals surface area contributed by atoms with E-state index in [4.69, 9.17) is 5.26 Å². The van der Waals surface area contributed by atoms with Crippen LogP contribution in [-0.4, -0.2) is 11.0 Å². The number of nitrogens with one attached hydrogen (secondary N) is 1. The van der Waals surface area contributed by atoms with Crippen LogP contribution in [-0.2, 0) is 0 Å². The Balaban J connectivity index is 2.00. The van der Waals surface area contributed by atoms with Gasteiger partial charge >= 0.3 is 0 Å². The summed E-state index contributed by atoms with van der Waals surface area (Å²) in [5.41, 5.74) is 0.663. The Morgan fingerprint density at radius 1 is 1.50 bits per heavy atom. The average Bonchev–Trinajstić information content (AvgIpc) is 2.83. The predicted octanol–water partition coefficient (Wildman–Crippen LogP) is 2.94. The van der Waals surface area contributed by atoms with Crippen molar-refractivity contribution in [3.8, 4) is 6.07 Å². The first-order chi connectivity index (χ1) is 7.79. The Bertz CT molecular complexity index is 388. The molecule has 1 aromatic heterocycles. The molecule has 1 N–H and O–H groups in total. The fourth-order valence-corrected chi connectivity index (χ4v) is 2.39. The van der Waals surface area contributed by atoms with E-state index in [-0.39, 0.29) is 0 Å². The second-order valence-corrected chi connectivity index (χ2v) is 4.52. The highest BCUT2D eigenvalue weighted by Crippen LogP contribution is 2.28. The van der Waals surface area contributed by atoms with E-state index in [9.17, 15) is 0 Å². The minimum Gasteiger partial charge on any atom is -0.367 e. The number of hydrogen-bond donors (Lipinski definition) is 1. The highest BCUT2D eigenvalue weighted by Gasteiger charge is 2.21. The van der Waals surface area contributed by atoms with Crippen molar-refractivity contribution in [2.24, 2.45) is 5.92 Å². The zero-order valence-electron chi connectivity index (χ0n) is 9.61. The molecular formula is C13H17N3. The van der Waals surface area contributed by atoms with Gasteiger partial charge in [0, 0.05) is 12.2 Å². The first-order valence-corrected chi connectivity index (χ1v) is 5.92. The van der Waals surface area contributed by atoms with Gasteiger partial charge in [0.15, 0.2) is 0 Å². The lowest BCUT2D eigenvalue weighted by Gasteiger charge is -2.20. The van der Waals surface area contributed by atoms with Crippen LogP contribution in [0.1, 0.15) is 38.2 Å². The number of hydrogen-bond acceptors (Lipinski definition) is 3. The lowest BCUT2D eigenvalue weighted by atomic mass is 10.00. The van der Waals surface area contributed by atoms with Crippen LogP contribution in [0.2, 0.25) is 0 Å². The van der Waals surface area contributed by atoms with Crippen LogP contribution in [0.4, 0.5) is 5.82 Å². The van der Waals surface area contributed by atoms with E-state index in [1.165, 1.54) is 25.7 Å². The molecule has 2 rings (SSSR count). The molecule has 16 heavy (non-hydrogen) atoms. The largest absolute Gasteiger partial charge is 0.367 e. The normalized spacial score (nSPS) is 18.0. The molecule has 84 valence electrons. The highest BCUT2D eigenvalue weighted by atomic mass is 15.0. The first kappa shape index (κ1) is 10.9. The molecule has 3 nitrogen and oxygen atoms in total. The number of rotatable bonds is 3. The fraction of sp³-hybridized carbons (Fsp3) is 0.538. The highest BCUT2D eigenvalue weighted by molar-refractivity contribution is 5.43. The Morgan fingerprint density at radius 2 is 2.25 bits per heavy atom. The topological polar surface area (TPSA) is 48.7 Å². The second-order valence-electron chi connectivity index (χ2n) is 4.52. The van der Waals surface area contributed by atoms with E-state index < -0.39 is 0 Å². The third kappa shape index (κ3) is 2.52. The molecule has 1 saturated carbocycles. The van der Waals surface area contributed by atoms with Crippen molar-refractivity contribution in [1.29, 1.82) is 5.26 Å². The van der Waals surface area contributed by atoms with Gasteiger partial charge in [-0.3, -0.25) is 0 Å². The van der Waals surface area contributed by atoms with E-state index in [1.807, 2.05) is 6.07 Å². The molecule has 1 heterocycles. The van der Waals surface area contributed by atoms with Gasteiger partial charge in [0.1, 0.15) is 5.82 Å². The van der Waals surface area contributed by atoms with Crippen molar-refractivity contribution in [1.82, 2.24) is 4.98 Å². The summed E-state index contributed by atoms with van der Waals surface area (Å²) < 4.78 is 0. The molecule has 0 saturated heterocycles. The van der Waals surface area contributed by atoms with E-state index in [0.717, 1.165) is 11.7 Å². The Kier molecular flexibility index (Phi) is 3.40. The fourth-order valence-electron chi connectivity index (χ4n) is 2.39. The summed E-state index contributed by atoms with van der Waals surface area (Å²) in [6.07, 6.45) is 7.01. The third-order valence-electron chi connectivity index (χ3n) is 3.37. The van der Waals surface area contributed by atoms with Crippen molar-refractivity contribution in [2.75, 3.05) is 5.32 Å². The van der Waals surface area contributed by atoms with Gasteiger partial charge in [-0.2, -0.15) is 5.26 Å². The molecule has 1 aliphatic carbocycles. The zero-order valence-corrected chi connectivity index (χ0v) is 9.61. The van der Waals surface area contributed by atoms with Gasteiger partial charge in [0.25, 0.3) is 0 Å². The van der Waals surface area contributed by atoms with Gasteiger partial charge < -0.3 is 5.32 Å². The van der Waals surface area contributed by atoms with Crippen LogP contribution < -0.4 is 5.32 Å². The van der Waals surface area contributed by atoms with Crippen LogP contribution in [0.15, 0.2) is 18.3 Å². The summed E-state index contributed by atoms with van der Waals surface area (Å²) in [6, 6.07) is 6.12. The van der Waals surface area contributed by atoms with E-state index >= 15 is 0 Å². The molecular weight excluding hydrogens is 198 g/mol. The molecule has 1 unspecified atom stereocenters. The average molecular weight is 215 g/mol. The van der Waals surface area contributed by atoms with Gasteiger partial charge in [0.2, 0.25) is 0 Å². The summed E-state index contributed by atoms with van der Waals surface area (Å²) in [4.78, 5) is 4.24. The van der Waals surface area contributed by atoms with Crippen molar-refractivity contribution in [2.45, 2.75) is 38.6 Å². The van der Waals surface area contributed by atoms with Crippen LogP contribution in [0.3, 0.4) is 0 Å². The summed E-state index contributed by atoms with van der Waals surface area (Å²) in [5, 5.41) is 12.2. The summed E-state index contributed by atoms with van der Waals surface area (Å²) in [7, 11) is 0. The first-order valence-electron chi connectivity index (χ1n) is 5.92. The molecule has 0 aliphatic heterocycles. The summed E-state index contributed by atoms with van der Waals surface area (Å²) in [5.74, 6) is 1.57. The number of nitriles is 1. The molecule has 3 heteroatoms. The maximum Gasteiger partial charge on any atom is 0.127 e. The number of aromatic nitrogens is 1. The number of pyridine rings is 1. The zero-order chi connectivity index (χ0) is 11.4. The quantitative estimate of drug-likeness (QED) is 0.843. The molecule has 1 aliphatic rings. The van der Waals surface area contributed by atoms with Crippen LogP contribution in [0.5, 0.6) is 0 Å². The molecule has 1 atom stereocenters. The summed E-state index contributed by atoms with van der Waals surface area (Å²) in [6.45, 7) is 2.21. The van der Waals surface area contributed by atoms with Crippen LogP contribution >= 0.6 is 0 Å². The maximum absolute atomic E-state index is 8.80. The van der Waals surface area contributed by atoms with Crippen molar-refractivity contribution in [3.05, 3.63) is 23.9 Å². The molecule has 0 spiro atoms. The lowest BCUT2D eigenvalue weighted by Crippen LogP contribution is -2.24. The maximum atomic E-state index is 8.80. The Labute approximate surface area is 96.5 Å². The van der Waals surface area contributed by atoms with Crippen LogP contribution in [0, 0.1) is 17.2 Å². The number of anilines is 1. The standard InChI is InChI=1S/C13H17N3/c1-10(12-4-2-3-5-12)16-13-8-11(9-14)6-7-15-13/h6-8,10,12H,2-5H2,1H3,(H,15,16). The Hall–Kier alpha value is -1.56. The summed E-state index contributed by atoms with van der Waals surface area (Å²) >= 11 is 0. The van der Waals surface area contributed by atoms with E-state index in [2.05, 4.69) is 23.3 Å². The van der Waals surface area contributed by atoms with Gasteiger partial charge in [-0.25, -0.2) is 4.98 Å². The smallest absolute Gasteiger partial charge is 0.127 e. The van der Waals surface area contributed by atoms with Gasteiger partial charge in [0.05, 0.1) is 11.6 Å². The lowest BCUT2D eigenvalue weighted by molar-refractivity contribution is 0.481. The molecule has 1 aromatic rings. The van der Waals surface area contributed by atoms with E-state index in [0.29, 0.717) is 11.6 Å². The molecule has 1 fully saturated rings. The molecule has 0 amide bonds. The molecule has 0 bridgehead atoms. The van der Waals surface area contributed by atoms with Gasteiger partial charge in [-0.1, -0.05) is 12.8 Å². The minimum absolute atomic E-state index is 0.448. The predicted molar refractivity (Wildman–Crippen MR) is 64.0 cm³/mol. The number of nitrogens with zero attached hydrogens (tertiary/aromatic N) is 2. The van der Waals surface area contributed by atoms with Crippen molar-refractivity contribution in [3.63, 3.8) is 0 Å². The molecule has 0 radical (unpaired) electrons. The van der Waals surface area contributed by atoms with Crippen LogP contribution in [0.25, 0.3) is 0 Å². The third-order valence-corrected chi connectivity index (χ3v) is 3.37. The molecule has 0 aromatic carbocycles. The monoisotopic (exact) mass is 215 g/mol.